The Morgan fingerprint density at radius 3 is 2.79 bits per heavy atom. The number of hydrogen-bond acceptors (Lipinski definition) is 4. The fourth-order valence-corrected chi connectivity index (χ4v) is 5.31. The number of amides is 1. The third-order valence-electron chi connectivity index (χ3n) is 6.55. The maximum Gasteiger partial charge on any atom is 0.223 e. The molecule has 5 nitrogen and oxygen atoms in total. The first kappa shape index (κ1) is 18.6. The van der Waals surface area contributed by atoms with Gasteiger partial charge in [-0.15, -0.1) is 11.3 Å². The molecule has 6 heteroatoms. The fraction of sp³-hybridized carbons (Fsp3) is 0.391. The van der Waals surface area contributed by atoms with Crippen LogP contribution in [0.2, 0.25) is 0 Å². The summed E-state index contributed by atoms with van der Waals surface area (Å²) in [7, 11) is 0. The van der Waals surface area contributed by atoms with Crippen LogP contribution in [0.4, 0.5) is 0 Å². The molecule has 0 unspecified atom stereocenters. The Hall–Kier alpha value is -2.44. The molecule has 2 N–H and O–H groups in total. The number of benzene rings is 1. The van der Waals surface area contributed by atoms with E-state index in [1.807, 2.05) is 18.3 Å². The van der Waals surface area contributed by atoms with Crippen LogP contribution < -0.4 is 5.32 Å². The summed E-state index contributed by atoms with van der Waals surface area (Å²) in [6, 6.07) is 14.5. The van der Waals surface area contributed by atoms with Crippen molar-refractivity contribution < 1.29 is 4.79 Å². The van der Waals surface area contributed by atoms with Gasteiger partial charge in [0.05, 0.1) is 18.4 Å². The summed E-state index contributed by atoms with van der Waals surface area (Å²) in [5.41, 5.74) is 3.78. The summed E-state index contributed by atoms with van der Waals surface area (Å²) in [5.74, 6) is 0.450. The quantitative estimate of drug-likeness (QED) is 0.649. The lowest BCUT2D eigenvalue weighted by atomic mass is 9.90. The van der Waals surface area contributed by atoms with Gasteiger partial charge in [-0.05, 0) is 54.8 Å². The minimum Gasteiger partial charge on any atom is -0.351 e. The molecule has 1 saturated heterocycles. The van der Waals surface area contributed by atoms with Gasteiger partial charge in [-0.2, -0.15) is 5.10 Å². The molecule has 1 aliphatic heterocycles. The maximum absolute atomic E-state index is 12.6. The molecule has 0 bridgehead atoms. The second kappa shape index (κ2) is 7.76. The van der Waals surface area contributed by atoms with E-state index in [1.165, 1.54) is 16.0 Å². The number of aromatic nitrogens is 2. The van der Waals surface area contributed by atoms with E-state index in [4.69, 9.17) is 0 Å². The van der Waals surface area contributed by atoms with Crippen LogP contribution in [0, 0.1) is 11.3 Å². The molecular formula is C23H26N4OS. The van der Waals surface area contributed by atoms with E-state index in [0.717, 1.165) is 44.6 Å². The molecule has 3 heterocycles. The Bertz CT molecular complexity index is 958. The van der Waals surface area contributed by atoms with Gasteiger partial charge in [0.1, 0.15) is 0 Å². The number of likely N-dealkylation sites (tertiary alicyclic amines) is 1. The molecule has 1 aliphatic carbocycles. The summed E-state index contributed by atoms with van der Waals surface area (Å²) in [6.45, 7) is 3.67. The van der Waals surface area contributed by atoms with Gasteiger partial charge in [-0.3, -0.25) is 14.8 Å². The molecule has 1 saturated carbocycles. The molecule has 0 radical (unpaired) electrons. The van der Waals surface area contributed by atoms with E-state index < -0.39 is 0 Å². The van der Waals surface area contributed by atoms with Crippen molar-refractivity contribution in [3.8, 4) is 11.3 Å². The van der Waals surface area contributed by atoms with Crippen LogP contribution >= 0.6 is 11.3 Å². The largest absolute Gasteiger partial charge is 0.351 e. The van der Waals surface area contributed by atoms with Crippen LogP contribution in [0.25, 0.3) is 11.3 Å². The van der Waals surface area contributed by atoms with Crippen LogP contribution in [0.15, 0.2) is 54.0 Å². The van der Waals surface area contributed by atoms with Crippen molar-refractivity contribution in [1.82, 2.24) is 20.4 Å². The first-order valence-electron chi connectivity index (χ1n) is 10.3. The molecule has 1 spiro atoms. The van der Waals surface area contributed by atoms with Crippen molar-refractivity contribution in [1.29, 1.82) is 0 Å². The zero-order valence-electron chi connectivity index (χ0n) is 16.4. The Kier molecular flexibility index (Phi) is 4.97. The average Bonchev–Trinajstić information content (AvgIpc) is 3.12. The minimum atomic E-state index is 0.207. The second-order valence-electron chi connectivity index (χ2n) is 8.33. The van der Waals surface area contributed by atoms with Crippen molar-refractivity contribution in [2.24, 2.45) is 11.3 Å². The molecule has 5 rings (SSSR count). The standard InChI is InChI=1S/C23H26N4OS/c28-22(24-15-19-7-4-12-29-19)20-13-23(20)8-10-27(11-9-23)16-18-14-25-26-21(18)17-5-2-1-3-6-17/h1-7,12,14,20H,8-11,13,15-16H2,(H,24,28)(H,25,26)/t20-/m1/s1. The van der Waals surface area contributed by atoms with Gasteiger partial charge in [0, 0.05) is 22.9 Å². The SMILES string of the molecule is O=C(NCc1cccs1)[C@H]1CC12CCN(Cc1cn[nH]c1-c1ccccc1)CC2. The van der Waals surface area contributed by atoms with E-state index in [2.05, 4.69) is 56.1 Å². The fourth-order valence-electron chi connectivity index (χ4n) is 4.66. The number of carbonyl (C=O) groups is 1. The van der Waals surface area contributed by atoms with Gasteiger partial charge in [0.2, 0.25) is 5.91 Å². The first-order valence-corrected chi connectivity index (χ1v) is 11.2. The third-order valence-corrected chi connectivity index (χ3v) is 7.43. The van der Waals surface area contributed by atoms with Crippen LogP contribution in [0.3, 0.4) is 0 Å². The van der Waals surface area contributed by atoms with Gasteiger partial charge in [0.25, 0.3) is 0 Å². The number of aromatic amines is 1. The van der Waals surface area contributed by atoms with Gasteiger partial charge < -0.3 is 5.32 Å². The van der Waals surface area contributed by atoms with E-state index in [1.54, 1.807) is 11.3 Å². The lowest BCUT2D eigenvalue weighted by Crippen LogP contribution is -2.36. The molecule has 150 valence electrons. The average molecular weight is 407 g/mol. The highest BCUT2D eigenvalue weighted by Gasteiger charge is 2.58. The number of piperidine rings is 1. The lowest BCUT2D eigenvalue weighted by Gasteiger charge is -2.32. The van der Waals surface area contributed by atoms with Crippen molar-refractivity contribution in [3.05, 3.63) is 64.5 Å². The van der Waals surface area contributed by atoms with Crippen LogP contribution in [0.1, 0.15) is 29.7 Å². The van der Waals surface area contributed by atoms with Gasteiger partial charge in [-0.1, -0.05) is 36.4 Å². The summed E-state index contributed by atoms with van der Waals surface area (Å²) in [4.78, 5) is 16.3. The maximum atomic E-state index is 12.6. The van der Waals surface area contributed by atoms with E-state index in [0.29, 0.717) is 6.54 Å². The van der Waals surface area contributed by atoms with Crippen molar-refractivity contribution in [2.45, 2.75) is 32.4 Å². The van der Waals surface area contributed by atoms with E-state index >= 15 is 0 Å². The Morgan fingerprint density at radius 2 is 2.03 bits per heavy atom. The number of rotatable bonds is 6. The summed E-state index contributed by atoms with van der Waals surface area (Å²) in [5, 5.41) is 12.6. The smallest absolute Gasteiger partial charge is 0.223 e. The summed E-state index contributed by atoms with van der Waals surface area (Å²) < 4.78 is 0. The molecule has 1 atom stereocenters. The Labute approximate surface area is 175 Å². The number of nitrogens with zero attached hydrogens (tertiary/aromatic N) is 2. The molecule has 2 aromatic heterocycles. The Morgan fingerprint density at radius 1 is 1.21 bits per heavy atom. The van der Waals surface area contributed by atoms with Crippen molar-refractivity contribution in [2.75, 3.05) is 13.1 Å². The molecular weight excluding hydrogens is 380 g/mol. The number of H-pyrrole nitrogens is 1. The van der Waals surface area contributed by atoms with Gasteiger partial charge in [0.15, 0.2) is 0 Å². The predicted octanol–water partition coefficient (Wildman–Crippen LogP) is 4.06. The topological polar surface area (TPSA) is 61.0 Å². The molecule has 29 heavy (non-hydrogen) atoms. The molecule has 2 aliphatic rings. The van der Waals surface area contributed by atoms with Crippen LogP contribution in [-0.4, -0.2) is 34.1 Å². The molecule has 1 amide bonds. The highest BCUT2D eigenvalue weighted by Crippen LogP contribution is 2.59. The summed E-state index contributed by atoms with van der Waals surface area (Å²) in [6.07, 6.45) is 5.23. The first-order chi connectivity index (χ1) is 14.2. The Balaban J connectivity index is 1.14. The second-order valence-corrected chi connectivity index (χ2v) is 9.36. The highest BCUT2D eigenvalue weighted by molar-refractivity contribution is 7.09. The van der Waals surface area contributed by atoms with Gasteiger partial charge in [-0.25, -0.2) is 0 Å². The van der Waals surface area contributed by atoms with Crippen LogP contribution in [-0.2, 0) is 17.9 Å². The number of nitrogens with one attached hydrogen (secondary N) is 2. The van der Waals surface area contributed by atoms with E-state index in [9.17, 15) is 4.79 Å². The zero-order chi connectivity index (χ0) is 19.7. The van der Waals surface area contributed by atoms with Crippen LogP contribution in [0.5, 0.6) is 0 Å². The normalized spacial score (nSPS) is 20.6. The molecule has 1 aromatic carbocycles. The van der Waals surface area contributed by atoms with Gasteiger partial charge >= 0.3 is 0 Å². The number of carbonyl (C=O) groups excluding carboxylic acids is 1. The van der Waals surface area contributed by atoms with E-state index in [-0.39, 0.29) is 17.2 Å². The molecule has 3 aromatic rings. The van der Waals surface area contributed by atoms with Crippen molar-refractivity contribution in [3.63, 3.8) is 0 Å². The lowest BCUT2D eigenvalue weighted by molar-refractivity contribution is -0.123. The summed E-state index contributed by atoms with van der Waals surface area (Å²) >= 11 is 1.70. The third kappa shape index (κ3) is 3.87. The number of hydrogen-bond donors (Lipinski definition) is 2. The predicted molar refractivity (Wildman–Crippen MR) is 115 cm³/mol. The van der Waals surface area contributed by atoms with Crippen molar-refractivity contribution >= 4 is 17.2 Å². The molecule has 2 fully saturated rings. The minimum absolute atomic E-state index is 0.207. The monoisotopic (exact) mass is 406 g/mol. The number of thiophene rings is 1. The highest BCUT2D eigenvalue weighted by atomic mass is 32.1. The zero-order valence-corrected chi connectivity index (χ0v) is 17.3.